The van der Waals surface area contributed by atoms with Gasteiger partial charge in [0.1, 0.15) is 0 Å². The van der Waals surface area contributed by atoms with Gasteiger partial charge >= 0.3 is 6.18 Å². The van der Waals surface area contributed by atoms with Gasteiger partial charge in [-0.05, 0) is 35.7 Å². The van der Waals surface area contributed by atoms with Gasteiger partial charge in [0.25, 0.3) is 0 Å². The average molecular weight is 445 g/mol. The van der Waals surface area contributed by atoms with Gasteiger partial charge in [-0.2, -0.15) is 13.2 Å². The number of nitrogens with one attached hydrogen (secondary N) is 2. The molecule has 1 aliphatic rings. The minimum absolute atomic E-state index is 0.0148. The van der Waals surface area contributed by atoms with E-state index in [-0.39, 0.29) is 5.91 Å². The lowest BCUT2D eigenvalue weighted by Gasteiger charge is -2.34. The Kier molecular flexibility index (Phi) is 6.81. The number of benzene rings is 2. The number of alkyl halides is 3. The number of hydrogen-bond donors (Lipinski definition) is 2. The minimum Gasteiger partial charge on any atom is -0.361 e. The van der Waals surface area contributed by atoms with Crippen LogP contribution < -0.4 is 5.32 Å². The summed E-state index contributed by atoms with van der Waals surface area (Å²) in [7, 11) is 0. The fraction of sp³-hybridized carbons (Fsp3) is 0.375. The number of para-hydroxylation sites is 1. The number of H-pyrrole nitrogens is 1. The zero-order valence-corrected chi connectivity index (χ0v) is 17.8. The number of hydrogen-bond acceptors (Lipinski definition) is 3. The number of carbonyl (C=O) groups excluding carboxylic acids is 1. The molecular weight excluding hydrogens is 417 g/mol. The molecule has 0 atom stereocenters. The van der Waals surface area contributed by atoms with E-state index in [2.05, 4.69) is 26.2 Å². The Hall–Kier alpha value is -2.84. The standard InChI is InChI=1S/C24H27F3N4O/c25-24(26,27)20-7-5-18(6-8-20)16-30-11-13-31(14-12-30)17-23(32)28-10-9-19-15-29-22-4-2-1-3-21(19)22/h1-8,15,29H,9-14,16-17H2,(H,28,32). The number of carbonyl (C=O) groups is 1. The van der Waals surface area contributed by atoms with Crippen molar-refractivity contribution in [1.82, 2.24) is 20.1 Å². The molecule has 0 unspecified atom stereocenters. The van der Waals surface area contributed by atoms with Gasteiger partial charge in [0.2, 0.25) is 5.91 Å². The van der Waals surface area contributed by atoms with Crippen LogP contribution in [0.15, 0.2) is 54.7 Å². The van der Waals surface area contributed by atoms with Gasteiger partial charge in [-0.15, -0.1) is 0 Å². The molecular formula is C24H27F3N4O. The summed E-state index contributed by atoms with van der Waals surface area (Å²) in [5, 5.41) is 4.19. The molecule has 5 nitrogen and oxygen atoms in total. The molecule has 1 saturated heterocycles. The highest BCUT2D eigenvalue weighted by Gasteiger charge is 2.30. The van der Waals surface area contributed by atoms with Gasteiger partial charge in [-0.25, -0.2) is 0 Å². The second-order valence-corrected chi connectivity index (χ2v) is 8.21. The fourth-order valence-corrected chi connectivity index (χ4v) is 4.10. The Morgan fingerprint density at radius 1 is 0.969 bits per heavy atom. The first-order valence-electron chi connectivity index (χ1n) is 10.8. The summed E-state index contributed by atoms with van der Waals surface area (Å²) in [6.07, 6.45) is -1.54. The highest BCUT2D eigenvalue weighted by molar-refractivity contribution is 5.83. The summed E-state index contributed by atoms with van der Waals surface area (Å²) in [6.45, 7) is 4.65. The molecule has 3 aromatic rings. The third-order valence-electron chi connectivity index (χ3n) is 5.91. The van der Waals surface area contributed by atoms with Crippen LogP contribution in [0.4, 0.5) is 13.2 Å². The molecule has 2 aromatic carbocycles. The van der Waals surface area contributed by atoms with Crippen molar-refractivity contribution in [2.24, 2.45) is 0 Å². The van der Waals surface area contributed by atoms with Crippen LogP contribution >= 0.6 is 0 Å². The van der Waals surface area contributed by atoms with Gasteiger partial charge < -0.3 is 10.3 Å². The average Bonchev–Trinajstić information content (AvgIpc) is 3.18. The Bertz CT molecular complexity index is 1040. The van der Waals surface area contributed by atoms with Crippen molar-refractivity contribution in [3.05, 3.63) is 71.4 Å². The van der Waals surface area contributed by atoms with Gasteiger partial charge in [0, 0.05) is 56.4 Å². The van der Waals surface area contributed by atoms with Crippen LogP contribution in [0.2, 0.25) is 0 Å². The van der Waals surface area contributed by atoms with Crippen LogP contribution in [0.1, 0.15) is 16.7 Å². The van der Waals surface area contributed by atoms with Gasteiger partial charge in [0.05, 0.1) is 12.1 Å². The van der Waals surface area contributed by atoms with E-state index in [0.717, 1.165) is 55.8 Å². The van der Waals surface area contributed by atoms with E-state index in [9.17, 15) is 18.0 Å². The Morgan fingerprint density at radius 2 is 1.66 bits per heavy atom. The molecule has 4 rings (SSSR count). The molecule has 1 aliphatic heterocycles. The largest absolute Gasteiger partial charge is 0.416 e. The number of aromatic amines is 1. The number of fused-ring (bicyclic) bond motifs is 1. The molecule has 8 heteroatoms. The maximum absolute atomic E-state index is 12.7. The number of aromatic nitrogens is 1. The van der Waals surface area contributed by atoms with Crippen molar-refractivity contribution in [2.45, 2.75) is 19.1 Å². The third kappa shape index (κ3) is 5.69. The SMILES string of the molecule is O=C(CN1CCN(Cc2ccc(C(F)(F)F)cc2)CC1)NCCc1c[nH]c2ccccc12. The normalized spacial score (nSPS) is 15.8. The number of amides is 1. The summed E-state index contributed by atoms with van der Waals surface area (Å²) in [5.74, 6) is 0.0148. The summed E-state index contributed by atoms with van der Waals surface area (Å²) in [5.41, 5.74) is 2.53. The van der Waals surface area contributed by atoms with E-state index in [0.29, 0.717) is 19.6 Å². The molecule has 0 radical (unpaired) electrons. The molecule has 1 amide bonds. The van der Waals surface area contributed by atoms with Gasteiger partial charge in [0.15, 0.2) is 0 Å². The first kappa shape index (κ1) is 22.4. The van der Waals surface area contributed by atoms with E-state index < -0.39 is 11.7 Å². The van der Waals surface area contributed by atoms with Crippen molar-refractivity contribution in [3.8, 4) is 0 Å². The van der Waals surface area contributed by atoms with Crippen molar-refractivity contribution in [3.63, 3.8) is 0 Å². The lowest BCUT2D eigenvalue weighted by atomic mass is 10.1. The number of piperazine rings is 1. The molecule has 0 aliphatic carbocycles. The number of halogens is 3. The molecule has 2 heterocycles. The molecule has 1 fully saturated rings. The zero-order valence-electron chi connectivity index (χ0n) is 17.8. The van der Waals surface area contributed by atoms with Crippen LogP contribution in [-0.4, -0.2) is 60.0 Å². The monoisotopic (exact) mass is 444 g/mol. The van der Waals surface area contributed by atoms with E-state index in [4.69, 9.17) is 0 Å². The molecule has 170 valence electrons. The molecule has 0 bridgehead atoms. The molecule has 2 N–H and O–H groups in total. The first-order chi connectivity index (χ1) is 15.4. The second kappa shape index (κ2) is 9.75. The van der Waals surface area contributed by atoms with Crippen LogP contribution in [0.3, 0.4) is 0 Å². The van der Waals surface area contributed by atoms with Crippen LogP contribution in [-0.2, 0) is 23.9 Å². The summed E-state index contributed by atoms with van der Waals surface area (Å²) in [4.78, 5) is 19.9. The van der Waals surface area contributed by atoms with Crippen molar-refractivity contribution >= 4 is 16.8 Å². The Labute approximate surface area is 185 Å². The highest BCUT2D eigenvalue weighted by Crippen LogP contribution is 2.29. The van der Waals surface area contributed by atoms with Gasteiger partial charge in [-0.1, -0.05) is 30.3 Å². The molecule has 32 heavy (non-hydrogen) atoms. The maximum atomic E-state index is 12.7. The van der Waals surface area contributed by atoms with Gasteiger partial charge in [-0.3, -0.25) is 14.6 Å². The van der Waals surface area contributed by atoms with E-state index in [1.165, 1.54) is 23.1 Å². The topological polar surface area (TPSA) is 51.4 Å². The molecule has 1 aromatic heterocycles. The summed E-state index contributed by atoms with van der Waals surface area (Å²) in [6, 6.07) is 13.5. The third-order valence-corrected chi connectivity index (χ3v) is 5.91. The highest BCUT2D eigenvalue weighted by atomic mass is 19.4. The predicted octanol–water partition coefficient (Wildman–Crippen LogP) is 3.66. The van der Waals surface area contributed by atoms with E-state index >= 15 is 0 Å². The number of rotatable bonds is 7. The molecule has 0 saturated carbocycles. The lowest BCUT2D eigenvalue weighted by Crippen LogP contribution is -2.49. The van der Waals surface area contributed by atoms with E-state index in [1.54, 1.807) is 0 Å². The lowest BCUT2D eigenvalue weighted by molar-refractivity contribution is -0.137. The van der Waals surface area contributed by atoms with Crippen molar-refractivity contribution in [2.75, 3.05) is 39.3 Å². The summed E-state index contributed by atoms with van der Waals surface area (Å²) < 4.78 is 38.1. The smallest absolute Gasteiger partial charge is 0.361 e. The van der Waals surface area contributed by atoms with Crippen LogP contribution in [0.5, 0.6) is 0 Å². The fourth-order valence-electron chi connectivity index (χ4n) is 4.10. The minimum atomic E-state index is -4.31. The Balaban J connectivity index is 1.16. The zero-order chi connectivity index (χ0) is 22.6. The number of nitrogens with zero attached hydrogens (tertiary/aromatic N) is 2. The maximum Gasteiger partial charge on any atom is 0.416 e. The van der Waals surface area contributed by atoms with Crippen LogP contribution in [0, 0.1) is 0 Å². The Morgan fingerprint density at radius 3 is 2.38 bits per heavy atom. The van der Waals surface area contributed by atoms with Crippen molar-refractivity contribution in [1.29, 1.82) is 0 Å². The van der Waals surface area contributed by atoms with Crippen molar-refractivity contribution < 1.29 is 18.0 Å². The van der Waals surface area contributed by atoms with Crippen LogP contribution in [0.25, 0.3) is 10.9 Å². The quantitative estimate of drug-likeness (QED) is 0.585. The predicted molar refractivity (Wildman–Crippen MR) is 118 cm³/mol. The summed E-state index contributed by atoms with van der Waals surface area (Å²) >= 11 is 0. The second-order valence-electron chi connectivity index (χ2n) is 8.21. The molecule has 0 spiro atoms. The van der Waals surface area contributed by atoms with E-state index in [1.807, 2.05) is 24.4 Å². The first-order valence-corrected chi connectivity index (χ1v) is 10.8.